The number of aromatic nitrogens is 3. The molecule has 4 nitrogen and oxygen atoms in total. The minimum atomic E-state index is -0.614. The lowest BCUT2D eigenvalue weighted by molar-refractivity contribution is 0.174. The number of hydrogen-bond acceptors (Lipinski definition) is 3. The van der Waals surface area contributed by atoms with Crippen molar-refractivity contribution in [3.8, 4) is 0 Å². The molecule has 1 aromatic carbocycles. The van der Waals surface area contributed by atoms with Gasteiger partial charge in [0.1, 0.15) is 12.2 Å². The van der Waals surface area contributed by atoms with E-state index in [0.717, 1.165) is 17.0 Å². The van der Waals surface area contributed by atoms with Gasteiger partial charge >= 0.3 is 0 Å². The average molecular weight is 252 g/mol. The molecule has 1 unspecified atom stereocenters. The average Bonchev–Trinajstić information content (AvgIpc) is 2.68. The minimum absolute atomic E-state index is 0.428. The SMILES string of the molecule is Cc1c(Cl)cccc1C(O)Cc1ncnn1C. The van der Waals surface area contributed by atoms with Gasteiger partial charge in [0.25, 0.3) is 0 Å². The van der Waals surface area contributed by atoms with E-state index >= 15 is 0 Å². The maximum Gasteiger partial charge on any atom is 0.138 e. The van der Waals surface area contributed by atoms with Crippen molar-refractivity contribution in [1.82, 2.24) is 14.8 Å². The number of aliphatic hydroxyl groups is 1. The molecule has 0 aliphatic heterocycles. The van der Waals surface area contributed by atoms with Crippen LogP contribution in [0.2, 0.25) is 5.02 Å². The molecule has 0 aliphatic rings. The first kappa shape index (κ1) is 12.1. The van der Waals surface area contributed by atoms with Crippen LogP contribution in [0.3, 0.4) is 0 Å². The summed E-state index contributed by atoms with van der Waals surface area (Å²) in [5.74, 6) is 0.747. The van der Waals surface area contributed by atoms with Crippen LogP contribution in [0.4, 0.5) is 0 Å². The van der Waals surface area contributed by atoms with Crippen molar-refractivity contribution >= 4 is 11.6 Å². The van der Waals surface area contributed by atoms with E-state index in [2.05, 4.69) is 10.1 Å². The molecule has 0 saturated carbocycles. The third-order valence-electron chi connectivity index (χ3n) is 2.85. The first-order valence-corrected chi connectivity index (χ1v) is 5.73. The number of halogens is 1. The fourth-order valence-electron chi connectivity index (χ4n) is 1.77. The molecule has 5 heteroatoms. The second kappa shape index (κ2) is 4.85. The Morgan fingerprint density at radius 3 is 2.88 bits per heavy atom. The van der Waals surface area contributed by atoms with E-state index in [1.807, 2.05) is 25.1 Å². The molecule has 0 spiro atoms. The summed E-state index contributed by atoms with van der Waals surface area (Å²) < 4.78 is 1.66. The van der Waals surface area contributed by atoms with Crippen LogP contribution >= 0.6 is 11.6 Å². The number of aliphatic hydroxyl groups excluding tert-OH is 1. The summed E-state index contributed by atoms with van der Waals surface area (Å²) in [5, 5.41) is 14.8. The first-order chi connectivity index (χ1) is 8.09. The van der Waals surface area contributed by atoms with Gasteiger partial charge in [-0.2, -0.15) is 5.10 Å². The maximum atomic E-state index is 10.2. The van der Waals surface area contributed by atoms with Gasteiger partial charge in [0.05, 0.1) is 6.10 Å². The quantitative estimate of drug-likeness (QED) is 0.908. The zero-order valence-corrected chi connectivity index (χ0v) is 10.5. The lowest BCUT2D eigenvalue weighted by atomic mass is 10.0. The summed E-state index contributed by atoms with van der Waals surface area (Å²) >= 11 is 6.03. The van der Waals surface area contributed by atoms with Gasteiger partial charge in [-0.1, -0.05) is 23.7 Å². The molecule has 0 aliphatic carbocycles. The third-order valence-corrected chi connectivity index (χ3v) is 3.26. The molecule has 1 aromatic heterocycles. The Morgan fingerprint density at radius 1 is 1.47 bits per heavy atom. The van der Waals surface area contributed by atoms with Crippen molar-refractivity contribution < 1.29 is 5.11 Å². The van der Waals surface area contributed by atoms with Crippen molar-refractivity contribution in [3.63, 3.8) is 0 Å². The first-order valence-electron chi connectivity index (χ1n) is 5.35. The Labute approximate surface area is 105 Å². The Balaban J connectivity index is 2.23. The predicted molar refractivity (Wildman–Crippen MR) is 65.9 cm³/mol. The molecule has 0 radical (unpaired) electrons. The van der Waals surface area contributed by atoms with Crippen LogP contribution in [-0.4, -0.2) is 19.9 Å². The topological polar surface area (TPSA) is 50.9 Å². The monoisotopic (exact) mass is 251 g/mol. The molecular formula is C12H14ClN3O. The second-order valence-electron chi connectivity index (χ2n) is 3.97. The summed E-state index contributed by atoms with van der Waals surface area (Å²) in [5.41, 5.74) is 1.74. The molecule has 0 bridgehead atoms. The summed E-state index contributed by atoms with van der Waals surface area (Å²) in [6, 6.07) is 5.53. The number of hydrogen-bond donors (Lipinski definition) is 1. The van der Waals surface area contributed by atoms with Crippen molar-refractivity contribution in [3.05, 3.63) is 46.5 Å². The lowest BCUT2D eigenvalue weighted by Gasteiger charge is -2.14. The van der Waals surface area contributed by atoms with Crippen LogP contribution in [0.1, 0.15) is 23.1 Å². The van der Waals surface area contributed by atoms with Crippen molar-refractivity contribution in [2.45, 2.75) is 19.4 Å². The zero-order valence-electron chi connectivity index (χ0n) is 9.76. The zero-order chi connectivity index (χ0) is 12.4. The van der Waals surface area contributed by atoms with Gasteiger partial charge in [0, 0.05) is 18.5 Å². The Morgan fingerprint density at radius 2 is 2.24 bits per heavy atom. The van der Waals surface area contributed by atoms with Crippen molar-refractivity contribution in [1.29, 1.82) is 0 Å². The smallest absolute Gasteiger partial charge is 0.138 e. The van der Waals surface area contributed by atoms with Crippen LogP contribution in [0.15, 0.2) is 24.5 Å². The molecule has 2 rings (SSSR count). The summed E-state index contributed by atoms with van der Waals surface area (Å²) in [4.78, 5) is 4.09. The maximum absolute atomic E-state index is 10.2. The molecule has 1 N–H and O–H groups in total. The van der Waals surface area contributed by atoms with Crippen molar-refractivity contribution in [2.24, 2.45) is 7.05 Å². The standard InChI is InChI=1S/C12H14ClN3O/c1-8-9(4-3-5-10(8)13)11(17)6-12-14-7-15-16(12)2/h3-5,7,11,17H,6H2,1-2H3. The fourth-order valence-corrected chi connectivity index (χ4v) is 1.95. The van der Waals surface area contributed by atoms with Crippen LogP contribution in [0.5, 0.6) is 0 Å². The lowest BCUT2D eigenvalue weighted by Crippen LogP contribution is -2.08. The molecule has 0 fully saturated rings. The molecular weight excluding hydrogens is 238 g/mol. The summed E-state index contributed by atoms with van der Waals surface area (Å²) in [7, 11) is 1.81. The predicted octanol–water partition coefficient (Wildman–Crippen LogP) is 2.05. The van der Waals surface area contributed by atoms with Gasteiger partial charge in [0.15, 0.2) is 0 Å². The molecule has 0 saturated heterocycles. The largest absolute Gasteiger partial charge is 0.388 e. The van der Waals surface area contributed by atoms with Crippen LogP contribution in [-0.2, 0) is 13.5 Å². The normalized spacial score (nSPS) is 12.7. The van der Waals surface area contributed by atoms with Gasteiger partial charge in [-0.15, -0.1) is 0 Å². The number of aryl methyl sites for hydroxylation is 1. The van der Waals surface area contributed by atoms with Crippen LogP contribution in [0, 0.1) is 6.92 Å². The van der Waals surface area contributed by atoms with E-state index in [4.69, 9.17) is 11.6 Å². The summed E-state index contributed by atoms with van der Waals surface area (Å²) in [6.45, 7) is 1.90. The van der Waals surface area contributed by atoms with E-state index in [1.54, 1.807) is 11.7 Å². The van der Waals surface area contributed by atoms with Crippen LogP contribution < -0.4 is 0 Å². The van der Waals surface area contributed by atoms with E-state index in [1.165, 1.54) is 6.33 Å². The Kier molecular flexibility index (Phi) is 3.45. The molecule has 1 atom stereocenters. The number of rotatable bonds is 3. The highest BCUT2D eigenvalue weighted by Crippen LogP contribution is 2.25. The van der Waals surface area contributed by atoms with Crippen molar-refractivity contribution in [2.75, 3.05) is 0 Å². The van der Waals surface area contributed by atoms with Gasteiger partial charge in [0.2, 0.25) is 0 Å². The van der Waals surface area contributed by atoms with E-state index in [9.17, 15) is 5.11 Å². The summed E-state index contributed by atoms with van der Waals surface area (Å²) in [6.07, 6.45) is 1.29. The third kappa shape index (κ3) is 2.48. The van der Waals surface area contributed by atoms with Gasteiger partial charge < -0.3 is 5.11 Å². The van der Waals surface area contributed by atoms with E-state index in [-0.39, 0.29) is 0 Å². The highest BCUT2D eigenvalue weighted by molar-refractivity contribution is 6.31. The number of benzene rings is 1. The highest BCUT2D eigenvalue weighted by Gasteiger charge is 2.15. The van der Waals surface area contributed by atoms with E-state index in [0.29, 0.717) is 11.4 Å². The minimum Gasteiger partial charge on any atom is -0.388 e. The molecule has 2 aromatic rings. The molecule has 17 heavy (non-hydrogen) atoms. The molecule has 90 valence electrons. The molecule has 1 heterocycles. The van der Waals surface area contributed by atoms with E-state index < -0.39 is 6.10 Å². The van der Waals surface area contributed by atoms with Gasteiger partial charge in [-0.3, -0.25) is 4.68 Å². The fraction of sp³-hybridized carbons (Fsp3) is 0.333. The Bertz CT molecular complexity index is 524. The molecule has 0 amide bonds. The number of nitrogens with zero attached hydrogens (tertiary/aromatic N) is 3. The second-order valence-corrected chi connectivity index (χ2v) is 4.38. The Hall–Kier alpha value is -1.39. The highest BCUT2D eigenvalue weighted by atomic mass is 35.5. The van der Waals surface area contributed by atoms with Gasteiger partial charge in [-0.25, -0.2) is 4.98 Å². The van der Waals surface area contributed by atoms with Crippen LogP contribution in [0.25, 0.3) is 0 Å². The van der Waals surface area contributed by atoms with Gasteiger partial charge in [-0.05, 0) is 24.1 Å².